The highest BCUT2D eigenvalue weighted by Gasteiger charge is 2.48. The Balaban J connectivity index is 1.88. The predicted octanol–water partition coefficient (Wildman–Crippen LogP) is 1.05. The number of fused-ring (bicyclic) bond motifs is 1. The Bertz CT molecular complexity index is 195. The van der Waals surface area contributed by atoms with Gasteiger partial charge in [0.2, 0.25) is 5.91 Å². The monoisotopic (exact) mass is 169 g/mol. The van der Waals surface area contributed by atoms with Crippen LogP contribution < -0.4 is 0 Å². The van der Waals surface area contributed by atoms with Gasteiger partial charge in [0.05, 0.1) is 7.11 Å². The molecule has 2 atom stereocenters. The van der Waals surface area contributed by atoms with E-state index in [1.54, 1.807) is 7.05 Å². The van der Waals surface area contributed by atoms with E-state index in [-0.39, 0.29) is 11.8 Å². The van der Waals surface area contributed by atoms with Crippen molar-refractivity contribution in [2.75, 3.05) is 14.2 Å². The molecular weight excluding hydrogens is 154 g/mol. The van der Waals surface area contributed by atoms with Crippen molar-refractivity contribution >= 4 is 5.91 Å². The number of amides is 1. The SMILES string of the molecule is CON(C)C(=O)C1CC2CC2C1. The van der Waals surface area contributed by atoms with E-state index < -0.39 is 0 Å². The van der Waals surface area contributed by atoms with Gasteiger partial charge >= 0.3 is 0 Å². The van der Waals surface area contributed by atoms with Crippen LogP contribution in [0.15, 0.2) is 0 Å². The summed E-state index contributed by atoms with van der Waals surface area (Å²) in [5, 5.41) is 1.36. The second-order valence-electron chi connectivity index (χ2n) is 3.94. The minimum Gasteiger partial charge on any atom is -0.275 e. The predicted molar refractivity (Wildman–Crippen MR) is 44.1 cm³/mol. The minimum absolute atomic E-state index is 0.157. The van der Waals surface area contributed by atoms with Crippen LogP contribution in [0, 0.1) is 17.8 Å². The summed E-state index contributed by atoms with van der Waals surface area (Å²) in [5.74, 6) is 2.14. The topological polar surface area (TPSA) is 29.5 Å². The summed E-state index contributed by atoms with van der Waals surface area (Å²) in [6.07, 6.45) is 3.55. The summed E-state index contributed by atoms with van der Waals surface area (Å²) in [7, 11) is 3.22. The molecule has 0 aromatic heterocycles. The number of rotatable bonds is 2. The van der Waals surface area contributed by atoms with Crippen LogP contribution in [0.5, 0.6) is 0 Å². The van der Waals surface area contributed by atoms with Crippen molar-refractivity contribution in [3.05, 3.63) is 0 Å². The first-order valence-corrected chi connectivity index (χ1v) is 4.54. The fraction of sp³-hybridized carbons (Fsp3) is 0.889. The number of nitrogens with zero attached hydrogens (tertiary/aromatic N) is 1. The quantitative estimate of drug-likeness (QED) is 0.578. The van der Waals surface area contributed by atoms with Gasteiger partial charge in [-0.2, -0.15) is 0 Å². The molecule has 0 bridgehead atoms. The van der Waals surface area contributed by atoms with E-state index in [0.29, 0.717) is 0 Å². The molecule has 2 aliphatic rings. The van der Waals surface area contributed by atoms with Gasteiger partial charge < -0.3 is 0 Å². The molecule has 68 valence electrons. The summed E-state index contributed by atoms with van der Waals surface area (Å²) < 4.78 is 0. The van der Waals surface area contributed by atoms with E-state index in [0.717, 1.165) is 24.7 Å². The molecule has 0 N–H and O–H groups in total. The normalized spacial score (nSPS) is 37.7. The first-order valence-electron chi connectivity index (χ1n) is 4.54. The number of hydrogen-bond donors (Lipinski definition) is 0. The Kier molecular flexibility index (Phi) is 1.83. The van der Waals surface area contributed by atoms with Crippen molar-refractivity contribution in [2.45, 2.75) is 19.3 Å². The molecule has 0 saturated heterocycles. The molecule has 0 heterocycles. The Morgan fingerprint density at radius 3 is 2.42 bits per heavy atom. The average molecular weight is 169 g/mol. The molecule has 2 saturated carbocycles. The van der Waals surface area contributed by atoms with E-state index >= 15 is 0 Å². The highest BCUT2D eigenvalue weighted by molar-refractivity contribution is 5.78. The van der Waals surface area contributed by atoms with E-state index in [9.17, 15) is 4.79 Å². The Morgan fingerprint density at radius 1 is 1.33 bits per heavy atom. The van der Waals surface area contributed by atoms with Gasteiger partial charge in [-0.25, -0.2) is 5.06 Å². The molecule has 3 nitrogen and oxygen atoms in total. The molecule has 0 spiro atoms. The van der Waals surface area contributed by atoms with Crippen molar-refractivity contribution in [3.8, 4) is 0 Å². The molecule has 2 aliphatic carbocycles. The van der Waals surface area contributed by atoms with Crippen LogP contribution in [-0.4, -0.2) is 25.1 Å². The van der Waals surface area contributed by atoms with Crippen LogP contribution in [0.2, 0.25) is 0 Å². The van der Waals surface area contributed by atoms with Crippen LogP contribution in [0.4, 0.5) is 0 Å². The molecule has 1 amide bonds. The third-order valence-corrected chi connectivity index (χ3v) is 3.18. The van der Waals surface area contributed by atoms with Gasteiger partial charge in [-0.05, 0) is 31.1 Å². The number of carbonyl (C=O) groups is 1. The number of hydroxylamine groups is 2. The van der Waals surface area contributed by atoms with Crippen LogP contribution >= 0.6 is 0 Å². The van der Waals surface area contributed by atoms with Crippen molar-refractivity contribution < 1.29 is 9.63 Å². The fourth-order valence-corrected chi connectivity index (χ4v) is 2.26. The molecule has 2 fully saturated rings. The van der Waals surface area contributed by atoms with Gasteiger partial charge in [0.25, 0.3) is 0 Å². The van der Waals surface area contributed by atoms with Gasteiger partial charge in [-0.3, -0.25) is 9.63 Å². The number of hydrogen-bond acceptors (Lipinski definition) is 2. The minimum atomic E-state index is 0.157. The Hall–Kier alpha value is -0.570. The highest BCUT2D eigenvalue weighted by Crippen LogP contribution is 2.54. The van der Waals surface area contributed by atoms with Crippen molar-refractivity contribution in [1.82, 2.24) is 5.06 Å². The molecule has 2 rings (SSSR count). The lowest BCUT2D eigenvalue weighted by atomic mass is 10.0. The van der Waals surface area contributed by atoms with Crippen LogP contribution in [-0.2, 0) is 9.63 Å². The summed E-state index contributed by atoms with van der Waals surface area (Å²) in [5.41, 5.74) is 0. The Labute approximate surface area is 72.6 Å². The maximum Gasteiger partial charge on any atom is 0.248 e. The summed E-state index contributed by atoms with van der Waals surface area (Å²) in [6.45, 7) is 0. The van der Waals surface area contributed by atoms with E-state index in [2.05, 4.69) is 0 Å². The van der Waals surface area contributed by atoms with Crippen molar-refractivity contribution in [2.24, 2.45) is 17.8 Å². The maximum absolute atomic E-state index is 11.5. The van der Waals surface area contributed by atoms with Gasteiger partial charge in [0.15, 0.2) is 0 Å². The largest absolute Gasteiger partial charge is 0.275 e. The van der Waals surface area contributed by atoms with Gasteiger partial charge in [0.1, 0.15) is 0 Å². The van der Waals surface area contributed by atoms with E-state index in [1.807, 2.05) is 0 Å². The third-order valence-electron chi connectivity index (χ3n) is 3.18. The molecule has 12 heavy (non-hydrogen) atoms. The lowest BCUT2D eigenvalue weighted by molar-refractivity contribution is -0.173. The lowest BCUT2D eigenvalue weighted by Crippen LogP contribution is -2.31. The van der Waals surface area contributed by atoms with Gasteiger partial charge in [0, 0.05) is 13.0 Å². The van der Waals surface area contributed by atoms with E-state index in [1.165, 1.54) is 18.6 Å². The lowest BCUT2D eigenvalue weighted by Gasteiger charge is -2.18. The van der Waals surface area contributed by atoms with Crippen molar-refractivity contribution in [1.29, 1.82) is 0 Å². The van der Waals surface area contributed by atoms with Crippen molar-refractivity contribution in [3.63, 3.8) is 0 Å². The van der Waals surface area contributed by atoms with Crippen LogP contribution in [0.1, 0.15) is 19.3 Å². The second-order valence-corrected chi connectivity index (χ2v) is 3.94. The second kappa shape index (κ2) is 2.73. The first kappa shape index (κ1) is 8.05. The average Bonchev–Trinajstić information content (AvgIpc) is 2.71. The molecule has 0 radical (unpaired) electrons. The summed E-state index contributed by atoms with van der Waals surface area (Å²) in [4.78, 5) is 16.4. The summed E-state index contributed by atoms with van der Waals surface area (Å²) in [6, 6.07) is 0. The molecule has 0 aliphatic heterocycles. The zero-order valence-corrected chi connectivity index (χ0v) is 7.62. The third kappa shape index (κ3) is 1.22. The molecule has 2 unspecified atom stereocenters. The fourth-order valence-electron chi connectivity index (χ4n) is 2.26. The first-order chi connectivity index (χ1) is 5.72. The molecule has 0 aromatic rings. The highest BCUT2D eigenvalue weighted by atomic mass is 16.7. The molecule has 0 aromatic carbocycles. The zero-order chi connectivity index (χ0) is 8.72. The molecular formula is C9H15NO2. The maximum atomic E-state index is 11.5. The number of carbonyl (C=O) groups excluding carboxylic acids is 1. The zero-order valence-electron chi connectivity index (χ0n) is 7.62. The van der Waals surface area contributed by atoms with Crippen LogP contribution in [0.25, 0.3) is 0 Å². The summed E-state index contributed by atoms with van der Waals surface area (Å²) >= 11 is 0. The smallest absolute Gasteiger partial charge is 0.248 e. The van der Waals surface area contributed by atoms with E-state index in [4.69, 9.17) is 4.84 Å². The van der Waals surface area contributed by atoms with Gasteiger partial charge in [-0.1, -0.05) is 0 Å². The molecule has 3 heteroatoms. The van der Waals surface area contributed by atoms with Gasteiger partial charge in [-0.15, -0.1) is 0 Å². The Morgan fingerprint density at radius 2 is 1.92 bits per heavy atom. The standard InChI is InChI=1S/C9H15NO2/c1-10(12-2)9(11)8-4-6-3-7(6)5-8/h6-8H,3-5H2,1-2H3. The van der Waals surface area contributed by atoms with Crippen LogP contribution in [0.3, 0.4) is 0 Å².